The fourth-order valence-electron chi connectivity index (χ4n) is 1.99. The van der Waals surface area contributed by atoms with E-state index < -0.39 is 17.4 Å². The minimum atomic E-state index is -3.27. The van der Waals surface area contributed by atoms with Crippen LogP contribution in [0.15, 0.2) is 24.4 Å². The van der Waals surface area contributed by atoms with E-state index in [2.05, 4.69) is 4.98 Å². The molecule has 2 rings (SSSR count). The van der Waals surface area contributed by atoms with Crippen LogP contribution in [0.4, 0.5) is 0 Å². The first kappa shape index (κ1) is 16.4. The monoisotopic (exact) mass is 299 g/mol. The SMILES string of the molecule is [Cl-].[Cl-].[OH][Ti+2]1([OH])[CH2]CC(c2ccccn2)C[CH2]1. The topological polar surface area (TPSA) is 53.4 Å². The third-order valence-electron chi connectivity index (χ3n) is 2.89. The van der Waals surface area contributed by atoms with Gasteiger partial charge in [-0.25, -0.2) is 0 Å². The van der Waals surface area contributed by atoms with Gasteiger partial charge in [-0.1, -0.05) is 0 Å². The second-order valence-corrected chi connectivity index (χ2v) is 8.64. The van der Waals surface area contributed by atoms with Gasteiger partial charge in [0.25, 0.3) is 0 Å². The average Bonchev–Trinajstić information content (AvgIpc) is 2.19. The number of halogens is 2. The summed E-state index contributed by atoms with van der Waals surface area (Å²) in [6.45, 7) is 0. The first-order valence-corrected chi connectivity index (χ1v) is 8.64. The van der Waals surface area contributed by atoms with Gasteiger partial charge in [0.2, 0.25) is 0 Å². The molecule has 6 heteroatoms. The molecular formula is C10H15Cl2NO2Ti. The zero-order valence-electron chi connectivity index (χ0n) is 8.81. The van der Waals surface area contributed by atoms with Crippen LogP contribution in [0.2, 0.25) is 9.45 Å². The standard InChI is InChI=1S/C10H13N.2ClH.2H2O.Ti/c1-3-9(4-2)10-7-5-6-8-11-10;;;;;/h5-9H,1-4H2;2*1H;2*1H2;/q;;;;;+4/p-4. The maximum atomic E-state index is 9.56. The van der Waals surface area contributed by atoms with E-state index in [0.29, 0.717) is 15.4 Å². The summed E-state index contributed by atoms with van der Waals surface area (Å²) >= 11 is -3.27. The molecule has 1 aromatic heterocycles. The van der Waals surface area contributed by atoms with Gasteiger partial charge in [-0.05, 0) is 0 Å². The minimum absolute atomic E-state index is 0. The number of pyridine rings is 1. The summed E-state index contributed by atoms with van der Waals surface area (Å²) in [5.74, 6) is 0.439. The Morgan fingerprint density at radius 1 is 1.12 bits per heavy atom. The predicted octanol–water partition coefficient (Wildman–Crippen LogP) is -4.23. The molecule has 1 fully saturated rings. The van der Waals surface area contributed by atoms with Crippen molar-refractivity contribution in [3.8, 4) is 0 Å². The van der Waals surface area contributed by atoms with Crippen LogP contribution in [-0.2, 0) is 17.4 Å². The van der Waals surface area contributed by atoms with Crippen molar-refractivity contribution in [2.45, 2.75) is 28.2 Å². The zero-order valence-corrected chi connectivity index (χ0v) is 11.9. The molecule has 3 nitrogen and oxygen atoms in total. The molecule has 0 saturated carbocycles. The molecule has 2 N–H and O–H groups in total. The van der Waals surface area contributed by atoms with E-state index in [1.807, 2.05) is 18.2 Å². The Labute approximate surface area is 112 Å². The molecule has 0 bridgehead atoms. The molecule has 0 amide bonds. The molecule has 90 valence electrons. The summed E-state index contributed by atoms with van der Waals surface area (Å²) in [5, 5.41) is 0. The van der Waals surface area contributed by atoms with Crippen LogP contribution in [0, 0.1) is 0 Å². The van der Waals surface area contributed by atoms with Gasteiger partial charge in [-0.15, -0.1) is 0 Å². The molecule has 1 saturated heterocycles. The predicted molar refractivity (Wildman–Crippen MR) is 50.3 cm³/mol. The second kappa shape index (κ2) is 6.95. The van der Waals surface area contributed by atoms with Crippen molar-refractivity contribution in [1.82, 2.24) is 4.98 Å². The quantitative estimate of drug-likeness (QED) is 0.517. The van der Waals surface area contributed by atoms with Crippen LogP contribution in [0.25, 0.3) is 0 Å². The van der Waals surface area contributed by atoms with Gasteiger partial charge in [-0.3, -0.25) is 0 Å². The molecule has 2 heterocycles. The van der Waals surface area contributed by atoms with Crippen molar-refractivity contribution in [3.05, 3.63) is 30.1 Å². The van der Waals surface area contributed by atoms with E-state index in [9.17, 15) is 7.38 Å². The van der Waals surface area contributed by atoms with Gasteiger partial charge in [0, 0.05) is 0 Å². The number of rotatable bonds is 1. The number of nitrogens with zero attached hydrogens (tertiary/aromatic N) is 1. The van der Waals surface area contributed by atoms with Crippen LogP contribution < -0.4 is 24.8 Å². The molecule has 0 aromatic carbocycles. The number of hydrogen-bond acceptors (Lipinski definition) is 3. The van der Waals surface area contributed by atoms with Crippen LogP contribution >= 0.6 is 0 Å². The van der Waals surface area contributed by atoms with E-state index in [1.165, 1.54) is 0 Å². The Balaban J connectivity index is 0.00000112. The van der Waals surface area contributed by atoms with Gasteiger partial charge in [0.1, 0.15) is 0 Å². The third-order valence-corrected chi connectivity index (χ3v) is 6.29. The molecule has 0 unspecified atom stereocenters. The van der Waals surface area contributed by atoms with Crippen molar-refractivity contribution in [2.75, 3.05) is 0 Å². The summed E-state index contributed by atoms with van der Waals surface area (Å²) in [7, 11) is 0. The van der Waals surface area contributed by atoms with Crippen LogP contribution in [-0.4, -0.2) is 12.4 Å². The zero-order chi connectivity index (χ0) is 10.0. The second-order valence-electron chi connectivity index (χ2n) is 4.01. The van der Waals surface area contributed by atoms with E-state index >= 15 is 0 Å². The Morgan fingerprint density at radius 3 is 2.25 bits per heavy atom. The van der Waals surface area contributed by atoms with Gasteiger partial charge in [-0.2, -0.15) is 0 Å². The summed E-state index contributed by atoms with van der Waals surface area (Å²) < 4.78 is 20.4. The van der Waals surface area contributed by atoms with Gasteiger partial charge >= 0.3 is 88.0 Å². The Bertz CT molecular complexity index is 301. The van der Waals surface area contributed by atoms with E-state index in [4.69, 9.17) is 0 Å². The van der Waals surface area contributed by atoms with Crippen molar-refractivity contribution in [2.24, 2.45) is 0 Å². The number of hydrogen-bond donors (Lipinski definition) is 2. The molecular weight excluding hydrogens is 285 g/mol. The summed E-state index contributed by atoms with van der Waals surface area (Å²) in [6.07, 6.45) is 3.59. The van der Waals surface area contributed by atoms with Crippen molar-refractivity contribution >= 4 is 0 Å². The molecule has 1 aromatic rings. The van der Waals surface area contributed by atoms with Gasteiger partial charge in [0.15, 0.2) is 0 Å². The van der Waals surface area contributed by atoms with E-state index in [1.54, 1.807) is 6.20 Å². The fourth-order valence-corrected chi connectivity index (χ4v) is 4.92. The average molecular weight is 300 g/mol. The summed E-state index contributed by atoms with van der Waals surface area (Å²) in [5.41, 5.74) is 1.10. The molecule has 16 heavy (non-hydrogen) atoms. The fraction of sp³-hybridized carbons (Fsp3) is 0.500. The van der Waals surface area contributed by atoms with Gasteiger partial charge in [0.05, 0.1) is 0 Å². The van der Waals surface area contributed by atoms with Crippen molar-refractivity contribution in [3.63, 3.8) is 0 Å². The summed E-state index contributed by atoms with van der Waals surface area (Å²) in [6, 6.07) is 5.93. The van der Waals surface area contributed by atoms with Crippen LogP contribution in [0.5, 0.6) is 0 Å². The summed E-state index contributed by atoms with van der Waals surface area (Å²) in [4.78, 5) is 4.31. The molecule has 0 atom stereocenters. The number of aromatic nitrogens is 1. The molecule has 1 aliphatic rings. The Morgan fingerprint density at radius 2 is 1.75 bits per heavy atom. The molecule has 1 aliphatic heterocycles. The Hall–Kier alpha value is 0.364. The van der Waals surface area contributed by atoms with Crippen LogP contribution in [0.1, 0.15) is 24.5 Å². The molecule has 0 radical (unpaired) electrons. The van der Waals surface area contributed by atoms with Crippen molar-refractivity contribution < 1.29 is 49.6 Å². The Kier molecular flexibility index (Phi) is 7.10. The van der Waals surface area contributed by atoms with Crippen LogP contribution in [0.3, 0.4) is 0 Å². The first-order chi connectivity index (χ1) is 6.67. The first-order valence-electron chi connectivity index (χ1n) is 5.03. The maximum absolute atomic E-state index is 9.56. The van der Waals surface area contributed by atoms with Crippen molar-refractivity contribution in [1.29, 1.82) is 0 Å². The molecule has 0 spiro atoms. The normalized spacial score (nSPS) is 17.4. The van der Waals surface area contributed by atoms with Gasteiger partial charge < -0.3 is 24.8 Å². The van der Waals surface area contributed by atoms with E-state index in [0.717, 1.165) is 18.5 Å². The molecule has 0 aliphatic carbocycles. The third kappa shape index (κ3) is 4.32. The van der Waals surface area contributed by atoms with E-state index in [-0.39, 0.29) is 24.8 Å².